The van der Waals surface area contributed by atoms with E-state index in [9.17, 15) is 19.8 Å². The summed E-state index contributed by atoms with van der Waals surface area (Å²) in [4.78, 5) is 26.2. The van der Waals surface area contributed by atoms with Crippen molar-refractivity contribution in [1.29, 1.82) is 0 Å². The highest BCUT2D eigenvalue weighted by Gasteiger charge is 2.24. The van der Waals surface area contributed by atoms with E-state index in [1.165, 1.54) is 109 Å². The molecule has 3 unspecified atom stereocenters. The van der Waals surface area contributed by atoms with Crippen LogP contribution in [0.5, 0.6) is 0 Å². The zero-order valence-corrected chi connectivity index (χ0v) is 41.6. The van der Waals surface area contributed by atoms with Gasteiger partial charge in [-0.1, -0.05) is 240 Å². The van der Waals surface area contributed by atoms with Gasteiger partial charge in [0.25, 0.3) is 0 Å². The topological polar surface area (TPSA) is 95.9 Å². The summed E-state index contributed by atoms with van der Waals surface area (Å²) >= 11 is 0. The van der Waals surface area contributed by atoms with Crippen LogP contribution >= 0.6 is 0 Å². The maximum atomic E-state index is 13.2. The van der Waals surface area contributed by atoms with Crippen molar-refractivity contribution in [2.45, 2.75) is 251 Å². The molecule has 0 aromatic rings. The lowest BCUT2D eigenvalue weighted by Gasteiger charge is -2.24. The molecule has 6 heteroatoms. The fourth-order valence-corrected chi connectivity index (χ4v) is 7.52. The van der Waals surface area contributed by atoms with Crippen LogP contribution in [0.1, 0.15) is 233 Å². The molecule has 0 aliphatic rings. The molecule has 0 aromatic carbocycles. The molecule has 0 aliphatic heterocycles. The van der Waals surface area contributed by atoms with Gasteiger partial charge in [0.1, 0.15) is 6.10 Å². The molecule has 0 bridgehead atoms. The summed E-state index contributed by atoms with van der Waals surface area (Å²) < 4.78 is 5.90. The van der Waals surface area contributed by atoms with Crippen molar-refractivity contribution in [3.05, 3.63) is 97.2 Å². The average molecular weight is 890 g/mol. The summed E-state index contributed by atoms with van der Waals surface area (Å²) in [5, 5.41) is 23.7. The molecule has 3 N–H and O–H groups in total. The summed E-state index contributed by atoms with van der Waals surface area (Å²) in [6.07, 6.45) is 67.5. The minimum atomic E-state index is -0.814. The normalized spacial score (nSPS) is 14.0. The van der Waals surface area contributed by atoms with E-state index in [1.807, 2.05) is 48.6 Å². The van der Waals surface area contributed by atoms with Crippen molar-refractivity contribution in [2.24, 2.45) is 0 Å². The second-order valence-corrected chi connectivity index (χ2v) is 17.7. The fraction of sp³-hybridized carbons (Fsp3) is 0.690. The lowest BCUT2D eigenvalue weighted by Crippen LogP contribution is -2.46. The SMILES string of the molecule is CC/C=C/C=C/C=C\C=C/C=C/CCCC(CC(=O)NC(CO)C(O)CCCCCCCCCCCCCCC)OC(=O)CCCCCCCC/C=C\C/C=C\C/C=C\CCCCC. The van der Waals surface area contributed by atoms with Crippen LogP contribution in [0, 0.1) is 0 Å². The Labute approximate surface area is 395 Å². The van der Waals surface area contributed by atoms with Crippen molar-refractivity contribution < 1.29 is 24.5 Å². The molecule has 366 valence electrons. The van der Waals surface area contributed by atoms with Crippen LogP contribution in [0.4, 0.5) is 0 Å². The third kappa shape index (κ3) is 45.4. The largest absolute Gasteiger partial charge is 0.462 e. The van der Waals surface area contributed by atoms with Gasteiger partial charge in [0.15, 0.2) is 0 Å². The van der Waals surface area contributed by atoms with E-state index >= 15 is 0 Å². The molecule has 0 aromatic heterocycles. The number of carbonyl (C=O) groups is 2. The average Bonchev–Trinajstić information content (AvgIpc) is 3.29. The van der Waals surface area contributed by atoms with E-state index in [2.05, 4.69) is 74.7 Å². The summed E-state index contributed by atoms with van der Waals surface area (Å²) in [5.41, 5.74) is 0. The Morgan fingerprint density at radius 3 is 1.47 bits per heavy atom. The molecule has 3 atom stereocenters. The molecule has 0 fully saturated rings. The highest BCUT2D eigenvalue weighted by Crippen LogP contribution is 2.17. The van der Waals surface area contributed by atoms with Crippen molar-refractivity contribution in [3.63, 3.8) is 0 Å². The van der Waals surface area contributed by atoms with Crippen molar-refractivity contribution >= 4 is 11.9 Å². The summed E-state index contributed by atoms with van der Waals surface area (Å²) in [6, 6.07) is -0.733. The van der Waals surface area contributed by atoms with E-state index in [0.717, 1.165) is 77.0 Å². The zero-order chi connectivity index (χ0) is 46.7. The van der Waals surface area contributed by atoms with Crippen molar-refractivity contribution in [3.8, 4) is 0 Å². The van der Waals surface area contributed by atoms with E-state index in [4.69, 9.17) is 4.74 Å². The first-order valence-electron chi connectivity index (χ1n) is 26.5. The number of nitrogens with one attached hydrogen (secondary N) is 1. The standard InChI is InChI=1S/C58H99NO5/c1-4-7-10-13-16-19-22-25-26-27-28-29-30-33-36-39-42-45-48-51-58(63)64-54(49-46-43-40-37-34-31-23-20-17-14-11-8-5-2)52-57(62)59-55(53-60)56(61)50-47-44-41-38-35-32-24-21-18-15-12-9-6-3/h8,11,14,16-17,19-20,23,25-26,28-29,31,34,37,40,54-56,60-61H,4-7,9-10,12-13,15,18,21-22,24,27,30,32-33,35-36,38-39,41-53H2,1-3H3,(H,59,62)/b11-8+,17-14+,19-16-,23-20-,26-25-,29-28-,34-31-,40-37+. The van der Waals surface area contributed by atoms with Gasteiger partial charge >= 0.3 is 5.97 Å². The van der Waals surface area contributed by atoms with Gasteiger partial charge in [0.2, 0.25) is 5.91 Å². The van der Waals surface area contributed by atoms with Crippen molar-refractivity contribution in [2.75, 3.05) is 6.61 Å². The maximum absolute atomic E-state index is 13.2. The second kappa shape index (κ2) is 50.8. The number of rotatable bonds is 46. The van der Waals surface area contributed by atoms with Gasteiger partial charge in [0, 0.05) is 6.42 Å². The van der Waals surface area contributed by atoms with E-state index < -0.39 is 18.2 Å². The highest BCUT2D eigenvalue weighted by molar-refractivity contribution is 5.77. The minimum Gasteiger partial charge on any atom is -0.462 e. The number of allylic oxidation sites excluding steroid dienone is 16. The molecule has 0 saturated carbocycles. The number of unbranched alkanes of at least 4 members (excludes halogenated alkanes) is 22. The smallest absolute Gasteiger partial charge is 0.306 e. The Kier molecular flexibility index (Phi) is 48.2. The predicted molar refractivity (Wildman–Crippen MR) is 277 cm³/mol. The van der Waals surface area contributed by atoms with Crippen LogP contribution in [0.25, 0.3) is 0 Å². The third-order valence-electron chi connectivity index (χ3n) is 11.5. The number of ether oxygens (including phenoxy) is 1. The molecule has 0 spiro atoms. The Bertz CT molecular complexity index is 1270. The Morgan fingerprint density at radius 1 is 0.484 bits per heavy atom. The van der Waals surface area contributed by atoms with Crippen molar-refractivity contribution in [1.82, 2.24) is 5.32 Å². The van der Waals surface area contributed by atoms with Gasteiger partial charge in [-0.3, -0.25) is 9.59 Å². The van der Waals surface area contributed by atoms with Gasteiger partial charge in [-0.25, -0.2) is 0 Å². The lowest BCUT2D eigenvalue weighted by molar-refractivity contribution is -0.151. The number of hydrogen-bond donors (Lipinski definition) is 3. The van der Waals surface area contributed by atoms with E-state index in [-0.39, 0.29) is 24.9 Å². The highest BCUT2D eigenvalue weighted by atomic mass is 16.5. The molecule has 0 saturated heterocycles. The molecule has 64 heavy (non-hydrogen) atoms. The number of hydrogen-bond acceptors (Lipinski definition) is 5. The lowest BCUT2D eigenvalue weighted by atomic mass is 10.0. The molecular weight excluding hydrogens is 791 g/mol. The summed E-state index contributed by atoms with van der Waals surface area (Å²) in [7, 11) is 0. The van der Waals surface area contributed by atoms with Crippen LogP contribution in [-0.2, 0) is 14.3 Å². The van der Waals surface area contributed by atoms with E-state index in [1.54, 1.807) is 0 Å². The first-order valence-corrected chi connectivity index (χ1v) is 26.5. The minimum absolute atomic E-state index is 0.0182. The Morgan fingerprint density at radius 2 is 0.922 bits per heavy atom. The van der Waals surface area contributed by atoms with Crippen LogP contribution in [0.2, 0.25) is 0 Å². The quantitative estimate of drug-likeness (QED) is 0.0245. The maximum Gasteiger partial charge on any atom is 0.306 e. The predicted octanol–water partition coefficient (Wildman–Crippen LogP) is 16.1. The molecule has 6 nitrogen and oxygen atoms in total. The summed E-state index contributed by atoms with van der Waals surface area (Å²) in [6.45, 7) is 6.28. The van der Waals surface area contributed by atoms with Gasteiger partial charge in [-0.2, -0.15) is 0 Å². The number of aliphatic hydroxyl groups is 2. The summed E-state index contributed by atoms with van der Waals surface area (Å²) in [5.74, 6) is -0.566. The van der Waals surface area contributed by atoms with Crippen LogP contribution in [-0.4, -0.2) is 46.9 Å². The van der Waals surface area contributed by atoms with Crippen LogP contribution in [0.3, 0.4) is 0 Å². The molecule has 0 rings (SSSR count). The molecule has 0 heterocycles. The monoisotopic (exact) mass is 890 g/mol. The number of amides is 1. The van der Waals surface area contributed by atoms with Gasteiger partial charge < -0.3 is 20.3 Å². The molecular formula is C58H99NO5. The van der Waals surface area contributed by atoms with Gasteiger partial charge in [0.05, 0.1) is 25.2 Å². The Hall–Kier alpha value is -3.22. The zero-order valence-electron chi connectivity index (χ0n) is 41.6. The first-order chi connectivity index (χ1) is 31.5. The fourth-order valence-electron chi connectivity index (χ4n) is 7.52. The van der Waals surface area contributed by atoms with Gasteiger partial charge in [-0.05, 0) is 77.0 Å². The van der Waals surface area contributed by atoms with Crippen LogP contribution in [0.15, 0.2) is 97.2 Å². The van der Waals surface area contributed by atoms with Gasteiger partial charge in [-0.15, -0.1) is 0 Å². The van der Waals surface area contributed by atoms with Crippen LogP contribution < -0.4 is 5.32 Å². The first kappa shape index (κ1) is 60.8. The Balaban J connectivity index is 4.67. The number of aliphatic hydroxyl groups excluding tert-OH is 2. The number of carbonyl (C=O) groups excluding carboxylic acids is 2. The second-order valence-electron chi connectivity index (χ2n) is 17.7. The van der Waals surface area contributed by atoms with E-state index in [0.29, 0.717) is 19.3 Å². The molecule has 0 aliphatic carbocycles. The number of esters is 1. The molecule has 1 amide bonds. The molecule has 0 radical (unpaired) electrons. The third-order valence-corrected chi connectivity index (χ3v) is 11.5.